The average Bonchev–Trinajstić information content (AvgIpc) is 2.90. The van der Waals surface area contributed by atoms with Crippen molar-refractivity contribution in [3.8, 4) is 0 Å². The van der Waals surface area contributed by atoms with Gasteiger partial charge in [0.2, 0.25) is 0 Å². The first-order chi connectivity index (χ1) is 10.4. The van der Waals surface area contributed by atoms with E-state index in [-0.39, 0.29) is 17.1 Å². The van der Waals surface area contributed by atoms with Crippen molar-refractivity contribution in [1.82, 2.24) is 15.3 Å². The van der Waals surface area contributed by atoms with E-state index >= 15 is 0 Å². The molecule has 1 amide bonds. The zero-order valence-corrected chi connectivity index (χ0v) is 15.2. The minimum atomic E-state index is -1.00. The first kappa shape index (κ1) is 15.8. The highest BCUT2D eigenvalue weighted by Gasteiger charge is 2.29. The lowest BCUT2D eigenvalue weighted by atomic mass is 10.1. The summed E-state index contributed by atoms with van der Waals surface area (Å²) in [7, 11) is -1.00. The molecule has 0 aliphatic carbocycles. The monoisotopic (exact) mass is 355 g/mol. The van der Waals surface area contributed by atoms with Crippen LogP contribution in [0, 0.1) is 0 Å². The molecule has 2 aromatic rings. The molecule has 7 heteroatoms. The van der Waals surface area contributed by atoms with E-state index in [1.54, 1.807) is 12.3 Å². The third-order valence-electron chi connectivity index (χ3n) is 4.49. The van der Waals surface area contributed by atoms with Gasteiger partial charge in [-0.25, -0.2) is 4.98 Å². The molecule has 2 N–H and O–H groups in total. The molecule has 1 fully saturated rings. The molecule has 3 rings (SSSR count). The van der Waals surface area contributed by atoms with Crippen LogP contribution in [0.5, 0.6) is 0 Å². The molecule has 1 saturated heterocycles. The summed E-state index contributed by atoms with van der Waals surface area (Å²) in [5.41, 5.74) is 1.22. The molecule has 0 radical (unpaired) electrons. The minimum Gasteiger partial charge on any atom is -0.349 e. The number of hydrogen-bond donors (Lipinski definition) is 2. The van der Waals surface area contributed by atoms with Crippen molar-refractivity contribution in [3.05, 3.63) is 28.1 Å². The normalized spacial score (nSPS) is 18.5. The van der Waals surface area contributed by atoms with Crippen LogP contribution in [0.4, 0.5) is 0 Å². The van der Waals surface area contributed by atoms with E-state index in [4.69, 9.17) is 23.2 Å². The molecule has 4 nitrogen and oxygen atoms in total. The summed E-state index contributed by atoms with van der Waals surface area (Å²) in [4.78, 5) is 19.5. The topological polar surface area (TPSA) is 57.8 Å². The second-order valence-electron chi connectivity index (χ2n) is 6.79. The number of aromatic nitrogens is 2. The predicted molar refractivity (Wildman–Crippen MR) is 93.7 cm³/mol. The Morgan fingerprint density at radius 1 is 1.36 bits per heavy atom. The number of carbonyl (C=O) groups is 1. The smallest absolute Gasteiger partial charge is 0.267 e. The zero-order valence-electron chi connectivity index (χ0n) is 12.7. The van der Waals surface area contributed by atoms with Gasteiger partial charge in [-0.1, -0.05) is 48.4 Å². The summed E-state index contributed by atoms with van der Waals surface area (Å²) >= 11 is 12.0. The maximum atomic E-state index is 12.4. The number of rotatable bonds is 2. The highest BCUT2D eigenvalue weighted by atomic mass is 35.5. The third-order valence-corrected chi connectivity index (χ3v) is 8.54. The fourth-order valence-corrected chi connectivity index (χ4v) is 5.84. The van der Waals surface area contributed by atoms with Crippen molar-refractivity contribution in [1.29, 1.82) is 0 Å². The van der Waals surface area contributed by atoms with E-state index in [1.165, 1.54) is 12.1 Å². The molecule has 0 spiro atoms. The number of H-pyrrole nitrogens is 1. The summed E-state index contributed by atoms with van der Waals surface area (Å²) in [6.07, 6.45) is 3.76. The van der Waals surface area contributed by atoms with Gasteiger partial charge in [0.15, 0.2) is 0 Å². The Labute approximate surface area is 140 Å². The largest absolute Gasteiger partial charge is 0.349 e. The number of halogens is 2. The maximum Gasteiger partial charge on any atom is 0.267 e. The van der Waals surface area contributed by atoms with Gasteiger partial charge in [-0.05, 0) is 18.9 Å². The lowest BCUT2D eigenvalue weighted by Gasteiger charge is -2.33. The second kappa shape index (κ2) is 5.87. The first-order valence-electron chi connectivity index (χ1n) is 7.49. The van der Waals surface area contributed by atoms with Crippen LogP contribution in [0.15, 0.2) is 12.3 Å². The summed E-state index contributed by atoms with van der Waals surface area (Å²) in [6, 6.07) is 4.56. The zero-order chi connectivity index (χ0) is 15.9. The van der Waals surface area contributed by atoms with Crippen LogP contribution in [0.1, 0.15) is 23.3 Å². The maximum absolute atomic E-state index is 12.4. The molecule has 2 aromatic heterocycles. The summed E-state index contributed by atoms with van der Waals surface area (Å²) in [6.45, 7) is 4.84. The number of nitrogens with zero attached hydrogens (tertiary/aromatic N) is 1. The van der Waals surface area contributed by atoms with Gasteiger partial charge in [-0.15, -0.1) is 0 Å². The molecular weight excluding hydrogens is 337 g/mol. The van der Waals surface area contributed by atoms with Crippen LogP contribution in [0.3, 0.4) is 0 Å². The Kier molecular flexibility index (Phi) is 4.22. The molecule has 0 aromatic carbocycles. The van der Waals surface area contributed by atoms with Crippen molar-refractivity contribution in [3.63, 3.8) is 0 Å². The molecule has 1 aliphatic heterocycles. The molecule has 0 atom stereocenters. The highest BCUT2D eigenvalue weighted by Crippen LogP contribution is 2.30. The lowest BCUT2D eigenvalue weighted by molar-refractivity contribution is 0.0929. The highest BCUT2D eigenvalue weighted by molar-refractivity contribution is 6.77. The van der Waals surface area contributed by atoms with E-state index in [2.05, 4.69) is 28.4 Å². The van der Waals surface area contributed by atoms with Crippen LogP contribution in [-0.2, 0) is 0 Å². The van der Waals surface area contributed by atoms with E-state index in [1.807, 2.05) is 0 Å². The number of amides is 1. The molecule has 3 heterocycles. The van der Waals surface area contributed by atoms with Gasteiger partial charge in [0.05, 0.1) is 16.7 Å². The fourth-order valence-electron chi connectivity index (χ4n) is 2.97. The van der Waals surface area contributed by atoms with Crippen LogP contribution >= 0.6 is 23.2 Å². The van der Waals surface area contributed by atoms with Crippen LogP contribution in [-0.4, -0.2) is 30.0 Å². The first-order valence-corrected chi connectivity index (χ1v) is 11.7. The van der Waals surface area contributed by atoms with Crippen molar-refractivity contribution >= 4 is 48.1 Å². The van der Waals surface area contributed by atoms with E-state index in [9.17, 15) is 4.79 Å². The number of fused-ring (bicyclic) bond motifs is 1. The Balaban J connectivity index is 1.74. The van der Waals surface area contributed by atoms with Gasteiger partial charge in [0.25, 0.3) is 5.91 Å². The van der Waals surface area contributed by atoms with Crippen LogP contribution in [0.25, 0.3) is 10.9 Å². The number of carbonyl (C=O) groups excluding carboxylic acids is 1. The molecule has 118 valence electrons. The van der Waals surface area contributed by atoms with Gasteiger partial charge >= 0.3 is 0 Å². The Morgan fingerprint density at radius 3 is 2.73 bits per heavy atom. The SMILES string of the molecule is C[Si]1(C)CCC(NC(=O)c2cc3c(Cl)c(Cl)ncc3[nH]2)CC1. The van der Waals surface area contributed by atoms with Gasteiger partial charge in [-0.2, -0.15) is 0 Å². The molecule has 1 aliphatic rings. The van der Waals surface area contributed by atoms with Crippen molar-refractivity contribution in [2.45, 2.75) is 44.1 Å². The quantitative estimate of drug-likeness (QED) is 0.616. The minimum absolute atomic E-state index is 0.0882. The van der Waals surface area contributed by atoms with E-state index < -0.39 is 8.07 Å². The number of hydrogen-bond acceptors (Lipinski definition) is 2. The Morgan fingerprint density at radius 2 is 2.05 bits per heavy atom. The standard InChI is InChI=1S/C15H19Cl2N3OSi/c1-22(2)5-3-9(4-6-22)19-15(21)11-7-10-12(20-11)8-18-14(17)13(10)16/h7-9,20H,3-6H2,1-2H3,(H,19,21). The molecule has 22 heavy (non-hydrogen) atoms. The van der Waals surface area contributed by atoms with Crippen molar-refractivity contribution < 1.29 is 4.79 Å². The van der Waals surface area contributed by atoms with Crippen molar-refractivity contribution in [2.75, 3.05) is 0 Å². The molecule has 0 bridgehead atoms. The molecular formula is C15H19Cl2N3OSi. The summed E-state index contributed by atoms with van der Waals surface area (Å²) < 4.78 is 0. The third kappa shape index (κ3) is 3.16. The lowest BCUT2D eigenvalue weighted by Crippen LogP contribution is -2.42. The van der Waals surface area contributed by atoms with E-state index in [0.29, 0.717) is 10.7 Å². The molecule has 0 unspecified atom stereocenters. The van der Waals surface area contributed by atoms with Gasteiger partial charge in [0, 0.05) is 19.5 Å². The summed E-state index contributed by atoms with van der Waals surface area (Å²) in [5.74, 6) is -0.0882. The predicted octanol–water partition coefficient (Wildman–Crippen LogP) is 4.47. The molecule has 0 saturated carbocycles. The Hall–Kier alpha value is -1.04. The average molecular weight is 356 g/mol. The number of pyridine rings is 1. The van der Waals surface area contributed by atoms with Gasteiger partial charge < -0.3 is 10.3 Å². The second-order valence-corrected chi connectivity index (χ2v) is 12.8. The van der Waals surface area contributed by atoms with Crippen molar-refractivity contribution in [2.24, 2.45) is 0 Å². The fraction of sp³-hybridized carbons (Fsp3) is 0.467. The van der Waals surface area contributed by atoms with Crippen LogP contribution < -0.4 is 5.32 Å². The van der Waals surface area contributed by atoms with Gasteiger partial charge in [-0.3, -0.25) is 4.79 Å². The number of aromatic amines is 1. The van der Waals surface area contributed by atoms with Crippen LogP contribution in [0.2, 0.25) is 35.4 Å². The summed E-state index contributed by atoms with van der Waals surface area (Å²) in [5, 5.41) is 4.47. The van der Waals surface area contributed by atoms with E-state index in [0.717, 1.165) is 23.7 Å². The number of nitrogens with one attached hydrogen (secondary N) is 2. The van der Waals surface area contributed by atoms with Gasteiger partial charge in [0.1, 0.15) is 10.8 Å². The Bertz CT molecular complexity index is 719.